The van der Waals surface area contributed by atoms with E-state index < -0.39 is 0 Å². The van der Waals surface area contributed by atoms with Crippen LogP contribution in [0, 0.1) is 5.92 Å². The van der Waals surface area contributed by atoms with E-state index in [1.54, 1.807) is 0 Å². The first-order valence-electron chi connectivity index (χ1n) is 5.95. The van der Waals surface area contributed by atoms with Crippen molar-refractivity contribution in [3.63, 3.8) is 0 Å². The summed E-state index contributed by atoms with van der Waals surface area (Å²) in [5.74, 6) is 0.961. The van der Waals surface area contributed by atoms with Crippen molar-refractivity contribution in [3.05, 3.63) is 35.2 Å². The SMILES string of the molecule is BrC(CC1CCC1)c1csc2ccccc12. The molecule has 2 heteroatoms. The van der Waals surface area contributed by atoms with Gasteiger partial charge in [-0.1, -0.05) is 53.4 Å². The summed E-state index contributed by atoms with van der Waals surface area (Å²) in [6, 6.07) is 8.72. The van der Waals surface area contributed by atoms with Gasteiger partial charge in [0.1, 0.15) is 0 Å². The van der Waals surface area contributed by atoms with Crippen molar-refractivity contribution in [1.82, 2.24) is 0 Å². The molecule has 0 aliphatic heterocycles. The van der Waals surface area contributed by atoms with E-state index in [9.17, 15) is 0 Å². The van der Waals surface area contributed by atoms with Crippen LogP contribution >= 0.6 is 27.3 Å². The molecule has 1 aliphatic rings. The summed E-state index contributed by atoms with van der Waals surface area (Å²) in [6.07, 6.45) is 5.61. The largest absolute Gasteiger partial charge is 0.143 e. The van der Waals surface area contributed by atoms with Gasteiger partial charge in [0.05, 0.1) is 0 Å². The topological polar surface area (TPSA) is 0 Å². The second-order valence-corrected chi connectivity index (χ2v) is 6.70. The summed E-state index contributed by atoms with van der Waals surface area (Å²) in [5.41, 5.74) is 1.49. The molecular formula is C14H15BrS. The molecule has 1 aromatic heterocycles. The fourth-order valence-electron chi connectivity index (χ4n) is 2.39. The zero-order valence-corrected chi connectivity index (χ0v) is 11.6. The Labute approximate surface area is 109 Å². The van der Waals surface area contributed by atoms with E-state index in [0.717, 1.165) is 5.92 Å². The normalized spacial score (nSPS) is 18.6. The van der Waals surface area contributed by atoms with Crippen molar-refractivity contribution in [1.29, 1.82) is 0 Å². The Kier molecular flexibility index (Phi) is 3.03. The molecule has 1 unspecified atom stereocenters. The van der Waals surface area contributed by atoms with Crippen LogP contribution in [0.1, 0.15) is 36.1 Å². The molecule has 0 saturated heterocycles. The van der Waals surface area contributed by atoms with Crippen molar-refractivity contribution in [3.8, 4) is 0 Å². The number of fused-ring (bicyclic) bond motifs is 1. The second kappa shape index (κ2) is 4.50. The smallest absolute Gasteiger partial charge is 0.0412 e. The lowest BCUT2D eigenvalue weighted by molar-refractivity contribution is 0.296. The minimum atomic E-state index is 0.550. The quantitative estimate of drug-likeness (QED) is 0.653. The number of rotatable bonds is 3. The molecule has 0 N–H and O–H groups in total. The highest BCUT2D eigenvalue weighted by Crippen LogP contribution is 2.42. The van der Waals surface area contributed by atoms with Crippen LogP contribution in [-0.2, 0) is 0 Å². The van der Waals surface area contributed by atoms with Gasteiger partial charge in [0.25, 0.3) is 0 Å². The second-order valence-electron chi connectivity index (χ2n) is 4.69. The Bertz CT molecular complexity index is 484. The Morgan fingerprint density at radius 2 is 2.12 bits per heavy atom. The van der Waals surface area contributed by atoms with Gasteiger partial charge in [-0.15, -0.1) is 11.3 Å². The summed E-state index contributed by atoms with van der Waals surface area (Å²) < 4.78 is 1.41. The Balaban J connectivity index is 1.86. The van der Waals surface area contributed by atoms with Crippen LogP contribution in [0.25, 0.3) is 10.1 Å². The maximum atomic E-state index is 3.87. The van der Waals surface area contributed by atoms with Crippen molar-refractivity contribution < 1.29 is 0 Å². The number of hydrogen-bond acceptors (Lipinski definition) is 1. The molecule has 84 valence electrons. The molecule has 2 aromatic rings. The van der Waals surface area contributed by atoms with E-state index in [1.807, 2.05) is 11.3 Å². The highest BCUT2D eigenvalue weighted by atomic mass is 79.9. The highest BCUT2D eigenvalue weighted by Gasteiger charge is 2.22. The molecule has 16 heavy (non-hydrogen) atoms. The van der Waals surface area contributed by atoms with E-state index in [0.29, 0.717) is 4.83 Å². The third kappa shape index (κ3) is 1.93. The van der Waals surface area contributed by atoms with Crippen LogP contribution in [0.3, 0.4) is 0 Å². The minimum Gasteiger partial charge on any atom is -0.143 e. The van der Waals surface area contributed by atoms with E-state index in [2.05, 4.69) is 45.6 Å². The Morgan fingerprint density at radius 3 is 2.88 bits per heavy atom. The van der Waals surface area contributed by atoms with Crippen LogP contribution < -0.4 is 0 Å². The van der Waals surface area contributed by atoms with Gasteiger partial charge in [0.2, 0.25) is 0 Å². The van der Waals surface area contributed by atoms with Gasteiger partial charge in [-0.2, -0.15) is 0 Å². The van der Waals surface area contributed by atoms with Gasteiger partial charge < -0.3 is 0 Å². The number of alkyl halides is 1. The molecule has 1 saturated carbocycles. The first kappa shape index (κ1) is 10.8. The standard InChI is InChI=1S/C14H15BrS/c15-13(8-10-4-3-5-10)12-9-16-14-7-2-1-6-11(12)14/h1-2,6-7,9-10,13H,3-5,8H2. The predicted octanol–water partition coefficient (Wildman–Crippen LogP) is 5.53. The molecule has 0 radical (unpaired) electrons. The van der Waals surface area contributed by atoms with Gasteiger partial charge in [0.15, 0.2) is 0 Å². The van der Waals surface area contributed by atoms with Crippen LogP contribution in [0.5, 0.6) is 0 Å². The van der Waals surface area contributed by atoms with Crippen molar-refractivity contribution in [2.45, 2.75) is 30.5 Å². The Morgan fingerprint density at radius 1 is 1.31 bits per heavy atom. The maximum Gasteiger partial charge on any atom is 0.0412 e. The lowest BCUT2D eigenvalue weighted by Gasteiger charge is -2.27. The van der Waals surface area contributed by atoms with Gasteiger partial charge in [-0.3, -0.25) is 0 Å². The predicted molar refractivity (Wildman–Crippen MR) is 75.5 cm³/mol. The number of hydrogen-bond donors (Lipinski definition) is 0. The molecule has 1 aliphatic carbocycles. The molecular weight excluding hydrogens is 280 g/mol. The lowest BCUT2D eigenvalue weighted by atomic mass is 9.81. The summed E-state index contributed by atoms with van der Waals surface area (Å²) in [5, 5.41) is 3.76. The highest BCUT2D eigenvalue weighted by molar-refractivity contribution is 9.09. The van der Waals surface area contributed by atoms with Gasteiger partial charge in [-0.25, -0.2) is 0 Å². The van der Waals surface area contributed by atoms with E-state index in [-0.39, 0.29) is 0 Å². The lowest BCUT2D eigenvalue weighted by Crippen LogP contribution is -2.12. The van der Waals surface area contributed by atoms with Crippen molar-refractivity contribution in [2.24, 2.45) is 5.92 Å². The van der Waals surface area contributed by atoms with E-state index >= 15 is 0 Å². The summed E-state index contributed by atoms with van der Waals surface area (Å²) >= 11 is 5.73. The summed E-state index contributed by atoms with van der Waals surface area (Å²) in [6.45, 7) is 0. The Hall–Kier alpha value is -0.340. The number of benzene rings is 1. The molecule has 0 spiro atoms. The van der Waals surface area contributed by atoms with Gasteiger partial charge in [-0.05, 0) is 34.7 Å². The summed E-state index contributed by atoms with van der Waals surface area (Å²) in [7, 11) is 0. The average molecular weight is 295 g/mol. The van der Waals surface area contributed by atoms with E-state index in [1.165, 1.54) is 41.3 Å². The molecule has 1 fully saturated rings. The molecule has 0 amide bonds. The number of thiophene rings is 1. The first-order chi connectivity index (χ1) is 7.84. The van der Waals surface area contributed by atoms with Crippen LogP contribution in [0.2, 0.25) is 0 Å². The number of halogens is 1. The zero-order chi connectivity index (χ0) is 11.0. The third-order valence-electron chi connectivity index (χ3n) is 3.61. The maximum absolute atomic E-state index is 3.87. The third-order valence-corrected chi connectivity index (χ3v) is 5.46. The van der Waals surface area contributed by atoms with Crippen LogP contribution in [-0.4, -0.2) is 0 Å². The van der Waals surface area contributed by atoms with Crippen LogP contribution in [0.4, 0.5) is 0 Å². The average Bonchev–Trinajstić information content (AvgIpc) is 2.67. The first-order valence-corrected chi connectivity index (χ1v) is 7.74. The zero-order valence-electron chi connectivity index (χ0n) is 9.16. The van der Waals surface area contributed by atoms with E-state index in [4.69, 9.17) is 0 Å². The molecule has 1 atom stereocenters. The fraction of sp³-hybridized carbons (Fsp3) is 0.429. The van der Waals surface area contributed by atoms with Crippen molar-refractivity contribution in [2.75, 3.05) is 0 Å². The molecule has 1 heterocycles. The van der Waals surface area contributed by atoms with Crippen molar-refractivity contribution >= 4 is 37.4 Å². The molecule has 0 bridgehead atoms. The fourth-order valence-corrected chi connectivity index (χ4v) is 4.49. The van der Waals surface area contributed by atoms with Gasteiger partial charge >= 0.3 is 0 Å². The molecule has 1 aromatic carbocycles. The van der Waals surface area contributed by atoms with Gasteiger partial charge in [0, 0.05) is 9.53 Å². The molecule has 3 rings (SSSR count). The summed E-state index contributed by atoms with van der Waals surface area (Å²) in [4.78, 5) is 0.550. The van der Waals surface area contributed by atoms with Crippen LogP contribution in [0.15, 0.2) is 29.6 Å². The minimum absolute atomic E-state index is 0.550. The molecule has 0 nitrogen and oxygen atoms in total. The monoisotopic (exact) mass is 294 g/mol.